The predicted octanol–water partition coefficient (Wildman–Crippen LogP) is 2.69. The van der Waals surface area contributed by atoms with E-state index in [2.05, 4.69) is 20.4 Å². The van der Waals surface area contributed by atoms with Crippen molar-refractivity contribution < 1.29 is 0 Å². The standard InChI is InChI=1S/C17H14ClN5O2/c1-9(21-14-4-5-15-19-8-20-23(15)17(14)25)12-7-10-6-11(18)2-3-13(10)22-16(12)24/h2-9,21H,1H3,(H,19,20)(H,22,24). The van der Waals surface area contributed by atoms with Crippen molar-refractivity contribution in [3.63, 3.8) is 0 Å². The molecule has 0 aliphatic rings. The van der Waals surface area contributed by atoms with E-state index in [1.165, 1.54) is 10.8 Å². The summed E-state index contributed by atoms with van der Waals surface area (Å²) in [5, 5.41) is 7.27. The summed E-state index contributed by atoms with van der Waals surface area (Å²) in [5.41, 5.74) is 1.66. The van der Waals surface area contributed by atoms with E-state index >= 15 is 0 Å². The number of benzene rings is 1. The Hall–Kier alpha value is -3.06. The van der Waals surface area contributed by atoms with Crippen LogP contribution in [0.4, 0.5) is 5.69 Å². The topological polar surface area (TPSA) is 95.1 Å². The fourth-order valence-electron chi connectivity index (χ4n) is 2.84. The van der Waals surface area contributed by atoms with Gasteiger partial charge in [-0.15, -0.1) is 0 Å². The maximum absolute atomic E-state index is 12.4. The number of hydrogen-bond donors (Lipinski definition) is 3. The highest BCUT2D eigenvalue weighted by atomic mass is 35.5. The third kappa shape index (κ3) is 2.68. The first-order chi connectivity index (χ1) is 12.0. The summed E-state index contributed by atoms with van der Waals surface area (Å²) in [4.78, 5) is 31.7. The van der Waals surface area contributed by atoms with Crippen molar-refractivity contribution in [3.8, 4) is 0 Å². The zero-order chi connectivity index (χ0) is 17.6. The average Bonchev–Trinajstić information content (AvgIpc) is 3.06. The van der Waals surface area contributed by atoms with Gasteiger partial charge in [-0.3, -0.25) is 14.7 Å². The van der Waals surface area contributed by atoms with Crippen molar-refractivity contribution in [2.45, 2.75) is 13.0 Å². The second kappa shape index (κ2) is 5.78. The Labute approximate surface area is 146 Å². The lowest BCUT2D eigenvalue weighted by Gasteiger charge is -2.15. The average molecular weight is 356 g/mol. The molecule has 4 aromatic rings. The molecular formula is C17H14ClN5O2. The Morgan fingerprint density at radius 1 is 1.20 bits per heavy atom. The molecule has 0 amide bonds. The Kier molecular flexibility index (Phi) is 3.58. The van der Waals surface area contributed by atoms with Crippen LogP contribution in [0.25, 0.3) is 16.6 Å². The van der Waals surface area contributed by atoms with Gasteiger partial charge >= 0.3 is 0 Å². The van der Waals surface area contributed by atoms with Gasteiger partial charge in [-0.1, -0.05) is 11.6 Å². The van der Waals surface area contributed by atoms with Gasteiger partial charge in [-0.2, -0.15) is 4.52 Å². The molecule has 0 aliphatic heterocycles. The lowest BCUT2D eigenvalue weighted by atomic mass is 10.1. The molecule has 1 atom stereocenters. The van der Waals surface area contributed by atoms with Crippen LogP contribution >= 0.6 is 11.6 Å². The molecule has 126 valence electrons. The molecule has 0 spiro atoms. The summed E-state index contributed by atoms with van der Waals surface area (Å²) < 4.78 is 1.33. The van der Waals surface area contributed by atoms with E-state index in [-0.39, 0.29) is 17.2 Å². The van der Waals surface area contributed by atoms with E-state index in [9.17, 15) is 9.59 Å². The van der Waals surface area contributed by atoms with Crippen LogP contribution < -0.4 is 16.4 Å². The maximum Gasteiger partial charge on any atom is 0.294 e. The molecule has 3 aromatic heterocycles. The molecule has 1 aromatic carbocycles. The van der Waals surface area contributed by atoms with Crippen molar-refractivity contribution in [1.29, 1.82) is 0 Å². The van der Waals surface area contributed by atoms with E-state index in [4.69, 9.17) is 11.6 Å². The Morgan fingerprint density at radius 2 is 2.04 bits per heavy atom. The first kappa shape index (κ1) is 15.5. The number of rotatable bonds is 3. The molecule has 3 heterocycles. The second-order valence-corrected chi connectivity index (χ2v) is 6.22. The molecular weight excluding hydrogens is 342 g/mol. The molecule has 0 bridgehead atoms. The van der Waals surface area contributed by atoms with E-state index in [1.807, 2.05) is 6.92 Å². The maximum atomic E-state index is 12.4. The van der Waals surface area contributed by atoms with Crippen LogP contribution in [0.1, 0.15) is 18.5 Å². The summed E-state index contributed by atoms with van der Waals surface area (Å²) in [6.07, 6.45) is 1.45. The van der Waals surface area contributed by atoms with Gasteiger partial charge in [-0.05, 0) is 43.3 Å². The Bertz CT molecular complexity index is 1210. The summed E-state index contributed by atoms with van der Waals surface area (Å²) >= 11 is 6.02. The van der Waals surface area contributed by atoms with E-state index < -0.39 is 0 Å². The van der Waals surface area contributed by atoms with E-state index in [1.54, 1.807) is 36.4 Å². The second-order valence-electron chi connectivity index (χ2n) is 5.78. The molecule has 0 saturated carbocycles. The van der Waals surface area contributed by atoms with Gasteiger partial charge in [0.1, 0.15) is 12.0 Å². The van der Waals surface area contributed by atoms with E-state index in [0.717, 1.165) is 5.39 Å². The van der Waals surface area contributed by atoms with Crippen molar-refractivity contribution in [1.82, 2.24) is 19.6 Å². The normalized spacial score (nSPS) is 12.6. The van der Waals surface area contributed by atoms with Crippen molar-refractivity contribution in [3.05, 3.63) is 74.0 Å². The van der Waals surface area contributed by atoms with Crippen molar-refractivity contribution >= 4 is 33.8 Å². The number of anilines is 1. The first-order valence-electron chi connectivity index (χ1n) is 7.67. The molecule has 25 heavy (non-hydrogen) atoms. The van der Waals surface area contributed by atoms with Gasteiger partial charge in [0.05, 0.1) is 6.04 Å². The van der Waals surface area contributed by atoms with Gasteiger partial charge in [0, 0.05) is 21.5 Å². The minimum Gasteiger partial charge on any atom is -0.374 e. The largest absolute Gasteiger partial charge is 0.374 e. The van der Waals surface area contributed by atoms with Crippen LogP contribution in [0.5, 0.6) is 0 Å². The van der Waals surface area contributed by atoms with Crippen molar-refractivity contribution in [2.75, 3.05) is 5.32 Å². The van der Waals surface area contributed by atoms with Gasteiger partial charge < -0.3 is 10.3 Å². The molecule has 0 saturated heterocycles. The summed E-state index contributed by atoms with van der Waals surface area (Å²) in [6.45, 7) is 1.82. The number of nitrogens with zero attached hydrogens (tertiary/aromatic N) is 2. The van der Waals surface area contributed by atoms with Crippen LogP contribution in [0.3, 0.4) is 0 Å². The highest BCUT2D eigenvalue weighted by Crippen LogP contribution is 2.21. The highest BCUT2D eigenvalue weighted by Gasteiger charge is 2.14. The minimum absolute atomic E-state index is 0.211. The molecule has 0 aliphatic carbocycles. The van der Waals surface area contributed by atoms with Crippen LogP contribution in [0.15, 0.2) is 52.3 Å². The molecule has 4 rings (SSSR count). The lowest BCUT2D eigenvalue weighted by molar-refractivity contribution is 0.849. The lowest BCUT2D eigenvalue weighted by Crippen LogP contribution is -2.24. The molecule has 7 nitrogen and oxygen atoms in total. The smallest absolute Gasteiger partial charge is 0.294 e. The molecule has 1 unspecified atom stereocenters. The number of hydrogen-bond acceptors (Lipinski definition) is 4. The fourth-order valence-corrected chi connectivity index (χ4v) is 3.02. The van der Waals surface area contributed by atoms with Crippen LogP contribution in [0, 0.1) is 0 Å². The number of aromatic nitrogens is 4. The molecule has 0 radical (unpaired) electrons. The van der Waals surface area contributed by atoms with Gasteiger partial charge in [-0.25, -0.2) is 4.98 Å². The SMILES string of the molecule is CC(Nc1ccc2nc[nH]n2c1=O)c1cc2cc(Cl)ccc2[nH]c1=O. The number of halogens is 1. The number of nitrogens with one attached hydrogen (secondary N) is 3. The first-order valence-corrected chi connectivity index (χ1v) is 8.05. The Morgan fingerprint density at radius 3 is 2.88 bits per heavy atom. The number of H-pyrrole nitrogens is 2. The van der Waals surface area contributed by atoms with Crippen LogP contribution in [-0.2, 0) is 0 Å². The fraction of sp³-hybridized carbons (Fsp3) is 0.118. The quantitative estimate of drug-likeness (QED) is 0.526. The minimum atomic E-state index is -0.374. The summed E-state index contributed by atoms with van der Waals surface area (Å²) in [5.74, 6) is 0. The van der Waals surface area contributed by atoms with Crippen LogP contribution in [0.2, 0.25) is 5.02 Å². The number of aromatic amines is 2. The zero-order valence-corrected chi connectivity index (χ0v) is 14.0. The number of fused-ring (bicyclic) bond motifs is 2. The molecule has 0 fully saturated rings. The third-order valence-electron chi connectivity index (χ3n) is 4.12. The third-order valence-corrected chi connectivity index (χ3v) is 4.35. The Balaban J connectivity index is 1.75. The van der Waals surface area contributed by atoms with E-state index in [0.29, 0.717) is 27.4 Å². The van der Waals surface area contributed by atoms with Gasteiger partial charge in [0.25, 0.3) is 11.1 Å². The summed E-state index contributed by atoms with van der Waals surface area (Å²) in [6, 6.07) is 10.1. The van der Waals surface area contributed by atoms with Crippen molar-refractivity contribution in [2.24, 2.45) is 0 Å². The van der Waals surface area contributed by atoms with Gasteiger partial charge in [0.2, 0.25) is 0 Å². The molecule has 3 N–H and O–H groups in total. The number of pyridine rings is 2. The highest BCUT2D eigenvalue weighted by molar-refractivity contribution is 6.31. The summed E-state index contributed by atoms with van der Waals surface area (Å²) in [7, 11) is 0. The predicted molar refractivity (Wildman–Crippen MR) is 97.4 cm³/mol. The molecule has 8 heteroatoms. The van der Waals surface area contributed by atoms with Crippen LogP contribution in [-0.4, -0.2) is 19.6 Å². The monoisotopic (exact) mass is 355 g/mol. The van der Waals surface area contributed by atoms with Gasteiger partial charge in [0.15, 0.2) is 5.65 Å². The zero-order valence-electron chi connectivity index (χ0n) is 13.2.